The number of benzene rings is 2. The van der Waals surface area contributed by atoms with E-state index in [1.165, 1.54) is 5.56 Å². The molecule has 2 aliphatic rings. The number of fused-ring (bicyclic) bond motifs is 1. The van der Waals surface area contributed by atoms with E-state index in [1.807, 2.05) is 31.2 Å². The van der Waals surface area contributed by atoms with Crippen LogP contribution in [0.3, 0.4) is 0 Å². The minimum absolute atomic E-state index is 0.278. The Bertz CT molecular complexity index is 984. The van der Waals surface area contributed by atoms with E-state index in [9.17, 15) is 8.42 Å². The van der Waals surface area contributed by atoms with Gasteiger partial charge in [-0.15, -0.1) is 0 Å². The summed E-state index contributed by atoms with van der Waals surface area (Å²) < 4.78 is 30.4. The molecule has 2 atom stereocenters. The lowest BCUT2D eigenvalue weighted by molar-refractivity contribution is 0.377. The highest BCUT2D eigenvalue weighted by molar-refractivity contribution is 9.11. The third kappa shape index (κ3) is 3.46. The number of aryl methyl sites for hydroxylation is 1. The zero-order chi connectivity index (χ0) is 19.2. The van der Waals surface area contributed by atoms with Crippen LogP contribution in [0.2, 0.25) is 0 Å². The highest BCUT2D eigenvalue weighted by Crippen LogP contribution is 2.49. The van der Waals surface area contributed by atoms with Crippen molar-refractivity contribution in [2.45, 2.75) is 30.1 Å². The fourth-order valence-corrected chi connectivity index (χ4v) is 6.72. The Morgan fingerprint density at radius 1 is 1.04 bits per heavy atom. The van der Waals surface area contributed by atoms with Gasteiger partial charge in [0.25, 0.3) is 0 Å². The first-order valence-electron chi connectivity index (χ1n) is 9.01. The first-order valence-corrected chi connectivity index (χ1v) is 12.0. The third-order valence-corrected chi connectivity index (χ3v) is 8.76. The highest BCUT2D eigenvalue weighted by atomic mass is 79.9. The molecule has 1 aliphatic carbocycles. The van der Waals surface area contributed by atoms with Gasteiger partial charge in [0.05, 0.1) is 4.90 Å². The van der Waals surface area contributed by atoms with Crippen LogP contribution in [0.5, 0.6) is 0 Å². The van der Waals surface area contributed by atoms with Crippen molar-refractivity contribution in [2.24, 2.45) is 5.92 Å². The number of rotatable bonds is 3. The smallest absolute Gasteiger partial charge is 0.207 e. The lowest BCUT2D eigenvalue weighted by Crippen LogP contribution is -2.36. The topological polar surface area (TPSA) is 37.4 Å². The minimum atomic E-state index is -3.51. The Kier molecular flexibility index (Phi) is 5.12. The predicted octanol–water partition coefficient (Wildman–Crippen LogP) is 5.39. The van der Waals surface area contributed by atoms with Crippen LogP contribution in [-0.4, -0.2) is 25.8 Å². The summed E-state index contributed by atoms with van der Waals surface area (Å²) in [7, 11) is -3.51. The van der Waals surface area contributed by atoms with E-state index in [1.54, 1.807) is 16.4 Å². The quantitative estimate of drug-likeness (QED) is 0.555. The van der Waals surface area contributed by atoms with Gasteiger partial charge in [0, 0.05) is 23.0 Å². The van der Waals surface area contributed by atoms with E-state index in [0.717, 1.165) is 27.4 Å². The van der Waals surface area contributed by atoms with Crippen LogP contribution in [-0.2, 0) is 15.4 Å². The number of nitrogens with zero attached hydrogens (tertiary/aromatic N) is 1. The van der Waals surface area contributed by atoms with Gasteiger partial charge in [0.1, 0.15) is 0 Å². The van der Waals surface area contributed by atoms with E-state index >= 15 is 0 Å². The van der Waals surface area contributed by atoms with Gasteiger partial charge in [0.15, 0.2) is 0 Å². The second-order valence-electron chi connectivity index (χ2n) is 7.48. The fraction of sp³-hybridized carbons (Fsp3) is 0.333. The van der Waals surface area contributed by atoms with Crippen LogP contribution in [0.25, 0.3) is 0 Å². The number of allylic oxidation sites excluding steroid dienone is 1. The van der Waals surface area contributed by atoms with Crippen LogP contribution in [0.1, 0.15) is 24.0 Å². The summed E-state index contributed by atoms with van der Waals surface area (Å²) >= 11 is 7.18. The molecule has 0 amide bonds. The number of sulfonamides is 1. The van der Waals surface area contributed by atoms with Gasteiger partial charge in [-0.25, -0.2) is 8.42 Å². The third-order valence-electron chi connectivity index (χ3n) is 5.78. The van der Waals surface area contributed by atoms with Crippen LogP contribution < -0.4 is 0 Å². The molecule has 0 N–H and O–H groups in total. The van der Waals surface area contributed by atoms with Gasteiger partial charge in [0.2, 0.25) is 10.0 Å². The molecule has 0 saturated carbocycles. The van der Waals surface area contributed by atoms with Crippen molar-refractivity contribution in [2.75, 3.05) is 13.1 Å². The van der Waals surface area contributed by atoms with Gasteiger partial charge >= 0.3 is 0 Å². The van der Waals surface area contributed by atoms with E-state index in [4.69, 9.17) is 0 Å². The average Bonchev–Trinajstić information content (AvgIpc) is 3.03. The zero-order valence-electron chi connectivity index (χ0n) is 15.0. The maximum atomic E-state index is 13.3. The Morgan fingerprint density at radius 3 is 2.37 bits per heavy atom. The molecule has 2 aromatic carbocycles. The average molecular weight is 511 g/mol. The summed E-state index contributed by atoms with van der Waals surface area (Å²) in [6.07, 6.45) is 4.18. The van der Waals surface area contributed by atoms with Crippen molar-refractivity contribution in [3.63, 3.8) is 0 Å². The van der Waals surface area contributed by atoms with Crippen molar-refractivity contribution in [1.29, 1.82) is 0 Å². The molecule has 6 heteroatoms. The molecule has 0 spiro atoms. The summed E-state index contributed by atoms with van der Waals surface area (Å²) in [5, 5.41) is 0. The highest BCUT2D eigenvalue weighted by Gasteiger charge is 2.51. The van der Waals surface area contributed by atoms with E-state index in [-0.39, 0.29) is 11.3 Å². The van der Waals surface area contributed by atoms with Crippen molar-refractivity contribution >= 4 is 41.9 Å². The maximum absolute atomic E-state index is 13.3. The van der Waals surface area contributed by atoms with E-state index in [0.29, 0.717) is 18.0 Å². The van der Waals surface area contributed by atoms with Gasteiger partial charge in [-0.2, -0.15) is 4.31 Å². The Morgan fingerprint density at radius 2 is 1.70 bits per heavy atom. The minimum Gasteiger partial charge on any atom is -0.207 e. The molecule has 0 aromatic heterocycles. The second kappa shape index (κ2) is 7.14. The summed E-state index contributed by atoms with van der Waals surface area (Å²) in [5.41, 5.74) is 1.95. The number of hydrogen-bond donors (Lipinski definition) is 0. The Labute approximate surface area is 177 Å². The molecule has 1 fully saturated rings. The fourth-order valence-electron chi connectivity index (χ4n) is 4.28. The van der Waals surface area contributed by atoms with E-state index in [2.05, 4.69) is 50.1 Å². The summed E-state index contributed by atoms with van der Waals surface area (Å²) in [6.45, 7) is 3.00. The van der Waals surface area contributed by atoms with Gasteiger partial charge in [-0.05, 0) is 60.0 Å². The molecule has 0 radical (unpaired) electrons. The SMILES string of the molecule is Cc1ccc(S(=O)(=O)N2CC3CCC(Br)=CC3(c3ccc(Br)cc3)C2)cc1. The molecular weight excluding hydrogens is 490 g/mol. The van der Waals surface area contributed by atoms with Crippen LogP contribution >= 0.6 is 31.9 Å². The first kappa shape index (κ1) is 19.4. The molecule has 0 bridgehead atoms. The molecule has 2 unspecified atom stereocenters. The molecule has 2 aromatic rings. The molecule has 3 nitrogen and oxygen atoms in total. The number of hydrogen-bond acceptors (Lipinski definition) is 2. The summed E-state index contributed by atoms with van der Waals surface area (Å²) in [6, 6.07) is 15.4. The molecular formula is C21H21Br2NO2S. The Balaban J connectivity index is 1.75. The van der Waals surface area contributed by atoms with Crippen LogP contribution in [0.4, 0.5) is 0 Å². The summed E-state index contributed by atoms with van der Waals surface area (Å²) in [5.74, 6) is 0.278. The predicted molar refractivity (Wildman–Crippen MR) is 115 cm³/mol. The lowest BCUT2D eigenvalue weighted by atomic mass is 9.68. The normalized spacial score (nSPS) is 25.9. The molecule has 142 valence electrons. The van der Waals surface area contributed by atoms with Crippen LogP contribution in [0.15, 0.2) is 68.5 Å². The first-order chi connectivity index (χ1) is 12.8. The zero-order valence-corrected chi connectivity index (χ0v) is 19.0. The standard InChI is InChI=1S/C21H21Br2NO2S/c1-15-2-10-20(11-3-15)27(25,26)24-13-17-6-9-19(23)12-21(17,14-24)16-4-7-18(22)8-5-16/h2-5,7-8,10-12,17H,6,9,13-14H2,1H3. The second-order valence-corrected chi connectivity index (χ2v) is 11.4. The largest absolute Gasteiger partial charge is 0.243 e. The van der Waals surface area contributed by atoms with Crippen molar-refractivity contribution in [3.8, 4) is 0 Å². The maximum Gasteiger partial charge on any atom is 0.243 e. The van der Waals surface area contributed by atoms with Gasteiger partial charge in [-0.3, -0.25) is 0 Å². The lowest BCUT2D eigenvalue weighted by Gasteiger charge is -2.36. The molecule has 1 saturated heterocycles. The molecule has 4 rings (SSSR count). The summed E-state index contributed by atoms with van der Waals surface area (Å²) in [4.78, 5) is 0.376. The number of halogens is 2. The molecule has 1 heterocycles. The monoisotopic (exact) mass is 509 g/mol. The van der Waals surface area contributed by atoms with Crippen molar-refractivity contribution in [3.05, 3.63) is 74.7 Å². The van der Waals surface area contributed by atoms with Crippen molar-refractivity contribution in [1.82, 2.24) is 4.31 Å². The van der Waals surface area contributed by atoms with Gasteiger partial charge < -0.3 is 0 Å². The van der Waals surface area contributed by atoms with E-state index < -0.39 is 10.0 Å². The molecule has 27 heavy (non-hydrogen) atoms. The molecule has 1 aliphatic heterocycles. The van der Waals surface area contributed by atoms with Gasteiger partial charge in [-0.1, -0.05) is 67.8 Å². The Hall–Kier alpha value is -0.950. The van der Waals surface area contributed by atoms with Crippen LogP contribution in [0, 0.1) is 12.8 Å². The van der Waals surface area contributed by atoms with Crippen molar-refractivity contribution < 1.29 is 8.42 Å².